The fourth-order valence-electron chi connectivity index (χ4n) is 0.420. The highest BCUT2D eigenvalue weighted by molar-refractivity contribution is 9.24. The van der Waals surface area contributed by atoms with Gasteiger partial charge in [0.15, 0.2) is 0 Å². The van der Waals surface area contributed by atoms with Crippen molar-refractivity contribution >= 4 is 21.4 Å². The summed E-state index contributed by atoms with van der Waals surface area (Å²) in [6.07, 6.45) is 5.85. The Balaban J connectivity index is 2.49. The second kappa shape index (κ2) is 2.21. The van der Waals surface area contributed by atoms with Gasteiger partial charge in [-0.1, -0.05) is 12.1 Å². The molecule has 0 saturated heterocycles. The van der Waals surface area contributed by atoms with Crippen LogP contribution in [0.3, 0.4) is 0 Å². The molecule has 1 nitrogen and oxygen atoms in total. The van der Waals surface area contributed by atoms with Crippen LogP contribution in [0.5, 0.6) is 0 Å². The highest BCUT2D eigenvalue weighted by Gasteiger charge is 2.01. The maximum atomic E-state index is 3.34. The number of nitrogens with one attached hydrogen (secondary N) is 1. The summed E-state index contributed by atoms with van der Waals surface area (Å²) in [7, 11) is 0. The fourth-order valence-corrected chi connectivity index (χ4v) is 0.749. The average Bonchev–Trinajstić information content (AvgIpc) is 1.69. The van der Waals surface area contributed by atoms with Gasteiger partial charge in [-0.05, 0) is 12.3 Å². The van der Waals surface area contributed by atoms with Gasteiger partial charge in [0.25, 0.3) is 0 Å². The summed E-state index contributed by atoms with van der Waals surface area (Å²) in [5.41, 5.74) is 0.331. The maximum Gasteiger partial charge on any atom is 0.356 e. The SMILES string of the molecule is BrB1C=CC=CN1. The molecule has 0 aromatic heterocycles. The number of hydrogen-bond donors (Lipinski definition) is 1. The zero-order chi connectivity index (χ0) is 5.11. The Morgan fingerprint density at radius 2 is 2.29 bits per heavy atom. The molecule has 0 aliphatic carbocycles. The van der Waals surface area contributed by atoms with Crippen LogP contribution in [0.15, 0.2) is 24.3 Å². The van der Waals surface area contributed by atoms with E-state index in [1.165, 1.54) is 0 Å². The van der Waals surface area contributed by atoms with Crippen molar-refractivity contribution in [1.29, 1.82) is 0 Å². The summed E-state index contributed by atoms with van der Waals surface area (Å²) >= 11 is 3.34. The van der Waals surface area contributed by atoms with Gasteiger partial charge in [-0.2, -0.15) is 0 Å². The third kappa shape index (κ3) is 1.39. The van der Waals surface area contributed by atoms with Crippen molar-refractivity contribution < 1.29 is 0 Å². The molecule has 3 heteroatoms. The standard InChI is InChI=1S/C4H5BBrN/c6-5-3-1-2-4-7-5/h1-4,7H. The lowest BCUT2D eigenvalue weighted by Gasteiger charge is -2.00. The van der Waals surface area contributed by atoms with Crippen molar-refractivity contribution in [3.63, 3.8) is 0 Å². The van der Waals surface area contributed by atoms with E-state index < -0.39 is 0 Å². The second-order valence-corrected chi connectivity index (χ2v) is 2.30. The zero-order valence-corrected chi connectivity index (χ0v) is 5.35. The molecule has 0 fully saturated rings. The van der Waals surface area contributed by atoms with Gasteiger partial charge >= 0.3 is 5.67 Å². The lowest BCUT2D eigenvalue weighted by molar-refractivity contribution is 1.35. The first kappa shape index (κ1) is 4.97. The first-order chi connectivity index (χ1) is 3.39. The summed E-state index contributed by atoms with van der Waals surface area (Å²) in [4.78, 5) is 0. The predicted molar refractivity (Wildman–Crippen MR) is 36.1 cm³/mol. The molecule has 0 unspecified atom stereocenters. The van der Waals surface area contributed by atoms with Gasteiger partial charge in [0.2, 0.25) is 0 Å². The summed E-state index contributed by atoms with van der Waals surface area (Å²) in [5.74, 6) is 2.03. The van der Waals surface area contributed by atoms with E-state index in [-0.39, 0.29) is 0 Å². The van der Waals surface area contributed by atoms with Crippen LogP contribution in [-0.2, 0) is 0 Å². The molecule has 36 valence electrons. The molecule has 0 aromatic carbocycles. The van der Waals surface area contributed by atoms with Crippen molar-refractivity contribution in [1.82, 2.24) is 5.23 Å². The Labute approximate surface area is 51.6 Å². The van der Waals surface area contributed by atoms with Gasteiger partial charge in [0, 0.05) is 0 Å². The summed E-state index contributed by atoms with van der Waals surface area (Å²) in [5, 5.41) is 3.03. The second-order valence-electron chi connectivity index (χ2n) is 1.31. The summed E-state index contributed by atoms with van der Waals surface area (Å²) in [6.45, 7) is 0. The molecule has 0 radical (unpaired) electrons. The van der Waals surface area contributed by atoms with Gasteiger partial charge in [0.05, 0.1) is 0 Å². The Kier molecular flexibility index (Phi) is 1.57. The first-order valence-electron chi connectivity index (χ1n) is 2.13. The molecule has 1 N–H and O–H groups in total. The quantitative estimate of drug-likeness (QED) is 0.520. The van der Waals surface area contributed by atoms with Gasteiger partial charge in [-0.15, -0.1) is 15.8 Å². The van der Waals surface area contributed by atoms with Gasteiger partial charge in [0.1, 0.15) is 0 Å². The van der Waals surface area contributed by atoms with Crippen molar-refractivity contribution in [2.24, 2.45) is 0 Å². The molecule has 0 atom stereocenters. The van der Waals surface area contributed by atoms with Crippen molar-refractivity contribution in [3.8, 4) is 0 Å². The third-order valence-corrected chi connectivity index (χ3v) is 1.31. The Morgan fingerprint density at radius 3 is 2.57 bits per heavy atom. The average molecular weight is 158 g/mol. The number of rotatable bonds is 0. The molecule has 0 bridgehead atoms. The summed E-state index contributed by atoms with van der Waals surface area (Å²) < 4.78 is 0. The first-order valence-corrected chi connectivity index (χ1v) is 3.04. The third-order valence-electron chi connectivity index (χ3n) is 0.743. The minimum Gasteiger partial charge on any atom is -0.421 e. The Hall–Kier alpha value is -0.175. The molecular formula is C4H5BBrN. The minimum atomic E-state index is 0.331. The molecule has 1 aliphatic rings. The predicted octanol–water partition coefficient (Wildman–Crippen LogP) is 1.08. The van der Waals surface area contributed by atoms with Crippen LogP contribution in [0.2, 0.25) is 0 Å². The molecule has 0 saturated carbocycles. The number of allylic oxidation sites excluding steroid dienone is 2. The van der Waals surface area contributed by atoms with E-state index in [2.05, 4.69) is 21.0 Å². The molecule has 0 amide bonds. The molecule has 1 heterocycles. The van der Waals surface area contributed by atoms with Crippen LogP contribution < -0.4 is 5.23 Å². The normalized spacial score (nSPS) is 17.0. The number of halogens is 1. The van der Waals surface area contributed by atoms with Gasteiger partial charge in [-0.25, -0.2) is 0 Å². The molecule has 1 aliphatic heterocycles. The monoisotopic (exact) mass is 157 g/mol. The Morgan fingerprint density at radius 1 is 1.43 bits per heavy atom. The van der Waals surface area contributed by atoms with Crippen LogP contribution in [0.4, 0.5) is 0 Å². The molecule has 0 spiro atoms. The maximum absolute atomic E-state index is 3.34. The summed E-state index contributed by atoms with van der Waals surface area (Å²) in [6, 6.07) is 0. The van der Waals surface area contributed by atoms with Gasteiger partial charge < -0.3 is 5.23 Å². The van der Waals surface area contributed by atoms with E-state index in [1.807, 2.05) is 24.3 Å². The van der Waals surface area contributed by atoms with Crippen molar-refractivity contribution in [3.05, 3.63) is 24.3 Å². The van der Waals surface area contributed by atoms with Crippen LogP contribution in [0, 0.1) is 0 Å². The highest BCUT2D eigenvalue weighted by atomic mass is 79.9. The van der Waals surface area contributed by atoms with Crippen molar-refractivity contribution in [2.75, 3.05) is 0 Å². The minimum absolute atomic E-state index is 0.331. The van der Waals surface area contributed by atoms with Crippen LogP contribution >= 0.6 is 15.8 Å². The van der Waals surface area contributed by atoms with E-state index in [9.17, 15) is 0 Å². The molecule has 0 aromatic rings. The van der Waals surface area contributed by atoms with Crippen LogP contribution in [-0.4, -0.2) is 5.67 Å². The fraction of sp³-hybridized carbons (Fsp3) is 0. The molecule has 7 heavy (non-hydrogen) atoms. The van der Waals surface area contributed by atoms with Crippen LogP contribution in [0.25, 0.3) is 0 Å². The van der Waals surface area contributed by atoms with E-state index >= 15 is 0 Å². The lowest BCUT2D eigenvalue weighted by atomic mass is 9.92. The lowest BCUT2D eigenvalue weighted by Crippen LogP contribution is -2.21. The molecular weight excluding hydrogens is 153 g/mol. The van der Waals surface area contributed by atoms with E-state index in [1.54, 1.807) is 0 Å². The van der Waals surface area contributed by atoms with E-state index in [0.717, 1.165) is 0 Å². The largest absolute Gasteiger partial charge is 0.421 e. The zero-order valence-electron chi connectivity index (χ0n) is 3.76. The van der Waals surface area contributed by atoms with E-state index in [0.29, 0.717) is 5.67 Å². The number of hydrogen-bond acceptors (Lipinski definition) is 1. The Bertz CT molecular complexity index is 110. The van der Waals surface area contributed by atoms with Crippen LogP contribution in [0.1, 0.15) is 0 Å². The van der Waals surface area contributed by atoms with Gasteiger partial charge in [-0.3, -0.25) is 0 Å². The smallest absolute Gasteiger partial charge is 0.356 e. The van der Waals surface area contributed by atoms with E-state index in [4.69, 9.17) is 0 Å². The highest BCUT2D eigenvalue weighted by Crippen LogP contribution is 1.94. The molecule has 1 rings (SSSR count). The topological polar surface area (TPSA) is 12.0 Å². The van der Waals surface area contributed by atoms with Crippen molar-refractivity contribution in [2.45, 2.75) is 0 Å².